The van der Waals surface area contributed by atoms with Gasteiger partial charge < -0.3 is 14.8 Å². The lowest BCUT2D eigenvalue weighted by Crippen LogP contribution is -2.43. The summed E-state index contributed by atoms with van der Waals surface area (Å²) in [7, 11) is 0. The van der Waals surface area contributed by atoms with Gasteiger partial charge in [0.25, 0.3) is 0 Å². The maximum atomic E-state index is 13.9. The van der Waals surface area contributed by atoms with E-state index < -0.39 is 6.17 Å². The van der Waals surface area contributed by atoms with Crippen LogP contribution in [0.25, 0.3) is 0 Å². The summed E-state index contributed by atoms with van der Waals surface area (Å²) in [6.07, 6.45) is -0.997. The molecule has 2 heterocycles. The first kappa shape index (κ1) is 13.6. The molecule has 2 aliphatic rings. The van der Waals surface area contributed by atoms with E-state index in [2.05, 4.69) is 10.2 Å². The fourth-order valence-corrected chi connectivity index (χ4v) is 2.76. The van der Waals surface area contributed by atoms with E-state index in [4.69, 9.17) is 9.47 Å². The average Bonchev–Trinajstić information content (AvgIpc) is 2.47. The van der Waals surface area contributed by atoms with E-state index in [1.807, 2.05) is 6.07 Å². The number of piperazine rings is 1. The van der Waals surface area contributed by atoms with E-state index in [1.165, 1.54) is 0 Å². The number of halogens is 1. The molecule has 4 nitrogen and oxygen atoms in total. The Kier molecular flexibility index (Phi) is 4.08. The van der Waals surface area contributed by atoms with Crippen LogP contribution in [0.1, 0.15) is 24.2 Å². The van der Waals surface area contributed by atoms with E-state index in [-0.39, 0.29) is 0 Å². The van der Waals surface area contributed by atoms with E-state index in [9.17, 15) is 4.39 Å². The second kappa shape index (κ2) is 5.97. The molecule has 0 spiro atoms. The summed E-state index contributed by atoms with van der Waals surface area (Å²) < 4.78 is 25.0. The zero-order valence-electron chi connectivity index (χ0n) is 11.8. The van der Waals surface area contributed by atoms with Gasteiger partial charge in [0, 0.05) is 32.7 Å². The van der Waals surface area contributed by atoms with Crippen molar-refractivity contribution in [3.63, 3.8) is 0 Å². The lowest BCUT2D eigenvalue weighted by Gasteiger charge is -2.29. The summed E-state index contributed by atoms with van der Waals surface area (Å²) in [5, 5.41) is 3.33. The van der Waals surface area contributed by atoms with Crippen LogP contribution in [0, 0.1) is 0 Å². The monoisotopic (exact) mass is 280 g/mol. The second-order valence-corrected chi connectivity index (χ2v) is 5.34. The van der Waals surface area contributed by atoms with Gasteiger partial charge in [-0.05, 0) is 30.2 Å². The van der Waals surface area contributed by atoms with Crippen LogP contribution in [0.4, 0.5) is 4.39 Å². The third-order valence-electron chi connectivity index (χ3n) is 3.84. The van der Waals surface area contributed by atoms with Crippen molar-refractivity contribution in [2.24, 2.45) is 0 Å². The Morgan fingerprint density at radius 1 is 1.20 bits per heavy atom. The molecule has 0 aliphatic carbocycles. The topological polar surface area (TPSA) is 33.7 Å². The van der Waals surface area contributed by atoms with Gasteiger partial charge in [-0.3, -0.25) is 4.90 Å². The highest BCUT2D eigenvalue weighted by Crippen LogP contribution is 2.36. The molecular formula is C15H21FN2O2. The minimum Gasteiger partial charge on any atom is -0.486 e. The van der Waals surface area contributed by atoms with Crippen molar-refractivity contribution in [1.82, 2.24) is 10.2 Å². The smallest absolute Gasteiger partial charge is 0.161 e. The van der Waals surface area contributed by atoms with Gasteiger partial charge in [-0.15, -0.1) is 0 Å². The van der Waals surface area contributed by atoms with Crippen LogP contribution in [0.3, 0.4) is 0 Å². The normalized spacial score (nSPS) is 20.7. The van der Waals surface area contributed by atoms with Gasteiger partial charge in [-0.1, -0.05) is 0 Å². The second-order valence-electron chi connectivity index (χ2n) is 5.34. The Bertz CT molecular complexity index is 473. The Balaban J connectivity index is 1.86. The van der Waals surface area contributed by atoms with Crippen LogP contribution in [-0.4, -0.2) is 44.3 Å². The summed E-state index contributed by atoms with van der Waals surface area (Å²) in [6.45, 7) is 7.41. The molecule has 0 saturated carbocycles. The number of fused-ring (bicyclic) bond motifs is 1. The standard InChI is InChI=1S/C15H21FN2O2/c1-11(16)13-9-15-14(19-6-7-20-15)8-12(13)10-18-4-2-17-3-5-18/h8-9,11,17H,2-7,10H2,1H3. The van der Waals surface area contributed by atoms with Gasteiger partial charge in [-0.2, -0.15) is 0 Å². The molecule has 1 aromatic rings. The molecule has 20 heavy (non-hydrogen) atoms. The van der Waals surface area contributed by atoms with Crippen LogP contribution in [0.15, 0.2) is 12.1 Å². The van der Waals surface area contributed by atoms with Crippen LogP contribution in [0.5, 0.6) is 11.5 Å². The largest absolute Gasteiger partial charge is 0.486 e. The Hall–Kier alpha value is -1.33. The molecule has 0 radical (unpaired) electrons. The van der Waals surface area contributed by atoms with Crippen molar-refractivity contribution in [2.75, 3.05) is 39.4 Å². The van der Waals surface area contributed by atoms with Gasteiger partial charge in [-0.25, -0.2) is 4.39 Å². The molecule has 1 saturated heterocycles. The minimum atomic E-state index is -0.997. The van der Waals surface area contributed by atoms with Crippen LogP contribution < -0.4 is 14.8 Å². The number of nitrogens with one attached hydrogen (secondary N) is 1. The van der Waals surface area contributed by atoms with Gasteiger partial charge in [0.2, 0.25) is 0 Å². The third-order valence-corrected chi connectivity index (χ3v) is 3.84. The third kappa shape index (κ3) is 2.88. The fourth-order valence-electron chi connectivity index (χ4n) is 2.76. The molecule has 1 atom stereocenters. The molecule has 1 fully saturated rings. The summed E-state index contributed by atoms with van der Waals surface area (Å²) in [4.78, 5) is 2.34. The molecule has 5 heteroatoms. The first-order valence-electron chi connectivity index (χ1n) is 7.23. The van der Waals surface area contributed by atoms with Crippen molar-refractivity contribution < 1.29 is 13.9 Å². The summed E-state index contributed by atoms with van der Waals surface area (Å²) in [6, 6.07) is 3.75. The van der Waals surface area contributed by atoms with Crippen molar-refractivity contribution >= 4 is 0 Å². The summed E-state index contributed by atoms with van der Waals surface area (Å²) in [5.41, 5.74) is 1.72. The molecular weight excluding hydrogens is 259 g/mol. The molecule has 0 aromatic heterocycles. The summed E-state index contributed by atoms with van der Waals surface area (Å²) >= 11 is 0. The van der Waals surface area contributed by atoms with E-state index in [0.717, 1.165) is 44.0 Å². The molecule has 3 rings (SSSR count). The Morgan fingerprint density at radius 3 is 2.50 bits per heavy atom. The predicted molar refractivity (Wildman–Crippen MR) is 75.1 cm³/mol. The number of ether oxygens (including phenoxy) is 2. The highest BCUT2D eigenvalue weighted by atomic mass is 19.1. The lowest BCUT2D eigenvalue weighted by atomic mass is 10.0. The lowest BCUT2D eigenvalue weighted by molar-refractivity contribution is 0.170. The number of hydrogen-bond donors (Lipinski definition) is 1. The Labute approximate surface area is 118 Å². The van der Waals surface area contributed by atoms with Gasteiger partial charge >= 0.3 is 0 Å². The van der Waals surface area contributed by atoms with Crippen molar-refractivity contribution in [1.29, 1.82) is 0 Å². The number of alkyl halides is 1. The minimum absolute atomic E-state index is 0.532. The fraction of sp³-hybridized carbons (Fsp3) is 0.600. The van der Waals surface area contributed by atoms with Crippen molar-refractivity contribution in [2.45, 2.75) is 19.6 Å². The van der Waals surface area contributed by atoms with Crippen LogP contribution in [-0.2, 0) is 6.54 Å². The average molecular weight is 280 g/mol. The van der Waals surface area contributed by atoms with Gasteiger partial charge in [0.15, 0.2) is 11.5 Å². The maximum Gasteiger partial charge on any atom is 0.161 e. The quantitative estimate of drug-likeness (QED) is 0.917. The highest BCUT2D eigenvalue weighted by Gasteiger charge is 2.20. The van der Waals surface area contributed by atoms with Crippen LogP contribution >= 0.6 is 0 Å². The number of hydrogen-bond acceptors (Lipinski definition) is 4. The van der Waals surface area contributed by atoms with Crippen molar-refractivity contribution in [3.8, 4) is 11.5 Å². The molecule has 110 valence electrons. The number of rotatable bonds is 3. The van der Waals surface area contributed by atoms with E-state index in [0.29, 0.717) is 24.5 Å². The molecule has 0 amide bonds. The van der Waals surface area contributed by atoms with E-state index >= 15 is 0 Å². The highest BCUT2D eigenvalue weighted by molar-refractivity contribution is 5.48. The molecule has 2 aliphatic heterocycles. The number of benzene rings is 1. The SMILES string of the molecule is CC(F)c1cc2c(cc1CN1CCNCC1)OCCO2. The maximum absolute atomic E-state index is 13.9. The summed E-state index contributed by atoms with van der Waals surface area (Å²) in [5.74, 6) is 1.41. The van der Waals surface area contributed by atoms with Gasteiger partial charge in [0.05, 0.1) is 0 Å². The molecule has 1 unspecified atom stereocenters. The zero-order valence-corrected chi connectivity index (χ0v) is 11.8. The van der Waals surface area contributed by atoms with Crippen LogP contribution in [0.2, 0.25) is 0 Å². The van der Waals surface area contributed by atoms with E-state index in [1.54, 1.807) is 13.0 Å². The predicted octanol–water partition coefficient (Wildman–Crippen LogP) is 1.89. The first-order valence-corrected chi connectivity index (χ1v) is 7.23. The first-order chi connectivity index (χ1) is 9.74. The zero-order chi connectivity index (χ0) is 13.9. The van der Waals surface area contributed by atoms with Crippen molar-refractivity contribution in [3.05, 3.63) is 23.3 Å². The number of nitrogens with zero attached hydrogens (tertiary/aromatic N) is 1. The molecule has 1 aromatic carbocycles. The molecule has 0 bridgehead atoms. The van der Waals surface area contributed by atoms with Gasteiger partial charge in [0.1, 0.15) is 19.4 Å². The molecule has 1 N–H and O–H groups in total. The Morgan fingerprint density at radius 2 is 1.85 bits per heavy atom.